The van der Waals surface area contributed by atoms with Crippen molar-refractivity contribution in [2.75, 3.05) is 5.32 Å². The van der Waals surface area contributed by atoms with E-state index < -0.39 is 15.7 Å². The second kappa shape index (κ2) is 7.56. The van der Waals surface area contributed by atoms with Gasteiger partial charge in [0.25, 0.3) is 5.91 Å². The van der Waals surface area contributed by atoms with Crippen molar-refractivity contribution in [2.45, 2.75) is 24.1 Å². The Morgan fingerprint density at radius 3 is 2.55 bits per heavy atom. The number of carbonyl (C=O) groups is 1. The van der Waals surface area contributed by atoms with E-state index in [-0.39, 0.29) is 16.4 Å². The minimum Gasteiger partial charge on any atom is -0.459 e. The summed E-state index contributed by atoms with van der Waals surface area (Å²) in [6.45, 7) is 2.57. The number of imidazole rings is 1. The lowest BCUT2D eigenvalue weighted by molar-refractivity contribution is 0.0994. The second-order valence-electron chi connectivity index (χ2n) is 6.47. The monoisotopic (exact) mass is 409 g/mol. The van der Waals surface area contributed by atoms with E-state index in [1.54, 1.807) is 18.2 Å². The topological polar surface area (TPSA) is 94.2 Å². The van der Waals surface area contributed by atoms with Crippen LogP contribution in [0.25, 0.3) is 11.0 Å². The minimum absolute atomic E-state index is 0.0424. The first kappa shape index (κ1) is 18.9. The van der Waals surface area contributed by atoms with E-state index in [1.807, 2.05) is 35.8 Å². The number of aryl methyl sites for hydroxylation is 1. The van der Waals surface area contributed by atoms with Crippen molar-refractivity contribution < 1.29 is 17.6 Å². The van der Waals surface area contributed by atoms with Crippen molar-refractivity contribution in [3.8, 4) is 0 Å². The first-order chi connectivity index (χ1) is 14.0. The van der Waals surface area contributed by atoms with Gasteiger partial charge >= 0.3 is 0 Å². The Kier molecular flexibility index (Phi) is 4.94. The zero-order chi connectivity index (χ0) is 20.4. The van der Waals surface area contributed by atoms with Crippen LogP contribution >= 0.6 is 0 Å². The Hall–Kier alpha value is -3.39. The molecule has 0 saturated carbocycles. The van der Waals surface area contributed by atoms with Crippen molar-refractivity contribution >= 4 is 32.7 Å². The Morgan fingerprint density at radius 1 is 1.07 bits per heavy atom. The number of para-hydroxylation sites is 2. The molecule has 8 heteroatoms. The summed E-state index contributed by atoms with van der Waals surface area (Å²) in [6.07, 6.45) is 1.31. The summed E-state index contributed by atoms with van der Waals surface area (Å²) in [5.74, 6) is -0.537. The molecule has 0 spiro atoms. The van der Waals surface area contributed by atoms with Gasteiger partial charge in [-0.1, -0.05) is 30.3 Å². The molecule has 2 aromatic heterocycles. The lowest BCUT2D eigenvalue weighted by Gasteiger charge is -2.08. The fraction of sp³-hybridized carbons (Fsp3) is 0.143. The fourth-order valence-corrected chi connectivity index (χ4v) is 4.59. The van der Waals surface area contributed by atoms with Gasteiger partial charge in [0, 0.05) is 12.1 Å². The standard InChI is InChI=1S/C21H19N3O4S/c1-2-24-18-11-7-6-10-17(18)22-21(24)23-20(25)19-15(12-13-28-19)14-29(26,27)16-8-4-3-5-9-16/h3-13H,2,14H2,1H3,(H,22,23,25). The molecule has 0 bridgehead atoms. The quantitative estimate of drug-likeness (QED) is 0.522. The first-order valence-electron chi connectivity index (χ1n) is 9.10. The number of fused-ring (bicyclic) bond motifs is 1. The smallest absolute Gasteiger partial charge is 0.293 e. The third-order valence-electron chi connectivity index (χ3n) is 4.60. The maximum Gasteiger partial charge on any atom is 0.293 e. The minimum atomic E-state index is -3.61. The molecule has 1 N–H and O–H groups in total. The Balaban J connectivity index is 1.61. The van der Waals surface area contributed by atoms with E-state index >= 15 is 0 Å². The van der Waals surface area contributed by atoms with Crippen LogP contribution in [0.1, 0.15) is 23.0 Å². The molecule has 0 unspecified atom stereocenters. The van der Waals surface area contributed by atoms with E-state index in [2.05, 4.69) is 10.3 Å². The molecular weight excluding hydrogens is 390 g/mol. The number of carbonyl (C=O) groups excluding carboxylic acids is 1. The molecule has 148 valence electrons. The SMILES string of the molecule is CCn1c(NC(=O)c2occc2CS(=O)(=O)c2ccccc2)nc2ccccc21. The van der Waals surface area contributed by atoms with E-state index in [0.29, 0.717) is 18.1 Å². The largest absolute Gasteiger partial charge is 0.459 e. The van der Waals surface area contributed by atoms with Crippen LogP contribution in [0.3, 0.4) is 0 Å². The number of amides is 1. The number of sulfone groups is 1. The van der Waals surface area contributed by atoms with Gasteiger partial charge in [-0.05, 0) is 37.3 Å². The molecule has 2 heterocycles. The summed E-state index contributed by atoms with van der Waals surface area (Å²) in [4.78, 5) is 17.5. The molecule has 0 atom stereocenters. The maximum atomic E-state index is 12.8. The van der Waals surface area contributed by atoms with Crippen LogP contribution in [-0.2, 0) is 22.1 Å². The van der Waals surface area contributed by atoms with Gasteiger partial charge in [-0.25, -0.2) is 13.4 Å². The summed E-state index contributed by atoms with van der Waals surface area (Å²) in [7, 11) is -3.61. The van der Waals surface area contributed by atoms with Gasteiger partial charge in [-0.3, -0.25) is 10.1 Å². The lowest BCUT2D eigenvalue weighted by atomic mass is 10.2. The van der Waals surface area contributed by atoms with Crippen LogP contribution in [0.15, 0.2) is 76.2 Å². The molecule has 0 fully saturated rings. The molecule has 4 aromatic rings. The molecule has 0 saturated heterocycles. The molecule has 29 heavy (non-hydrogen) atoms. The van der Waals surface area contributed by atoms with E-state index in [1.165, 1.54) is 24.5 Å². The second-order valence-corrected chi connectivity index (χ2v) is 8.46. The van der Waals surface area contributed by atoms with Crippen LogP contribution < -0.4 is 5.32 Å². The molecule has 0 aliphatic rings. The summed E-state index contributed by atoms with van der Waals surface area (Å²) < 4.78 is 32.5. The van der Waals surface area contributed by atoms with Crippen LogP contribution in [0.4, 0.5) is 5.95 Å². The fourth-order valence-electron chi connectivity index (χ4n) is 3.21. The highest BCUT2D eigenvalue weighted by Crippen LogP contribution is 2.23. The summed E-state index contributed by atoms with van der Waals surface area (Å²) in [6, 6.07) is 17.2. The molecule has 1 amide bonds. The third-order valence-corrected chi connectivity index (χ3v) is 6.28. The highest BCUT2D eigenvalue weighted by Gasteiger charge is 2.23. The summed E-state index contributed by atoms with van der Waals surface area (Å²) >= 11 is 0. The molecule has 4 rings (SSSR count). The predicted molar refractivity (Wildman–Crippen MR) is 109 cm³/mol. The zero-order valence-corrected chi connectivity index (χ0v) is 16.5. The van der Waals surface area contributed by atoms with Crippen molar-refractivity contribution in [2.24, 2.45) is 0 Å². The summed E-state index contributed by atoms with van der Waals surface area (Å²) in [5, 5.41) is 2.74. The number of benzene rings is 2. The third kappa shape index (κ3) is 3.66. The number of hydrogen-bond donors (Lipinski definition) is 1. The highest BCUT2D eigenvalue weighted by atomic mass is 32.2. The number of furan rings is 1. The molecule has 0 aliphatic heterocycles. The van der Waals surface area contributed by atoms with E-state index in [9.17, 15) is 13.2 Å². The summed E-state index contributed by atoms with van der Waals surface area (Å²) in [5.41, 5.74) is 1.96. The Labute approximate surface area is 167 Å². The van der Waals surface area contributed by atoms with Crippen molar-refractivity contribution in [1.29, 1.82) is 0 Å². The lowest BCUT2D eigenvalue weighted by Crippen LogP contribution is -2.17. The van der Waals surface area contributed by atoms with Crippen molar-refractivity contribution in [3.63, 3.8) is 0 Å². The Bertz CT molecular complexity index is 1270. The molecule has 7 nitrogen and oxygen atoms in total. The van der Waals surface area contributed by atoms with Gasteiger partial charge in [0.2, 0.25) is 5.95 Å². The zero-order valence-electron chi connectivity index (χ0n) is 15.7. The van der Waals surface area contributed by atoms with Crippen LogP contribution in [0.2, 0.25) is 0 Å². The van der Waals surface area contributed by atoms with E-state index in [0.717, 1.165) is 11.0 Å². The van der Waals surface area contributed by atoms with Gasteiger partial charge < -0.3 is 8.98 Å². The number of nitrogens with one attached hydrogen (secondary N) is 1. The van der Waals surface area contributed by atoms with Gasteiger partial charge in [0.15, 0.2) is 15.6 Å². The number of hydrogen-bond acceptors (Lipinski definition) is 5. The molecule has 2 aromatic carbocycles. The molecular formula is C21H19N3O4S. The number of nitrogens with zero attached hydrogens (tertiary/aromatic N) is 2. The van der Waals surface area contributed by atoms with Gasteiger partial charge in [-0.2, -0.15) is 0 Å². The average molecular weight is 409 g/mol. The number of aromatic nitrogens is 2. The molecule has 0 aliphatic carbocycles. The average Bonchev–Trinajstić information content (AvgIpc) is 3.32. The molecule has 0 radical (unpaired) electrons. The van der Waals surface area contributed by atoms with Gasteiger partial charge in [0.05, 0.1) is 27.9 Å². The van der Waals surface area contributed by atoms with Crippen LogP contribution in [0.5, 0.6) is 0 Å². The van der Waals surface area contributed by atoms with Crippen LogP contribution in [-0.4, -0.2) is 23.9 Å². The highest BCUT2D eigenvalue weighted by molar-refractivity contribution is 7.90. The number of rotatable bonds is 6. The predicted octanol–water partition coefficient (Wildman–Crippen LogP) is 3.88. The van der Waals surface area contributed by atoms with Crippen molar-refractivity contribution in [3.05, 3.63) is 78.3 Å². The maximum absolute atomic E-state index is 12.8. The van der Waals surface area contributed by atoms with Gasteiger partial charge in [-0.15, -0.1) is 0 Å². The Morgan fingerprint density at radius 2 is 1.79 bits per heavy atom. The number of anilines is 1. The first-order valence-corrected chi connectivity index (χ1v) is 10.8. The van der Waals surface area contributed by atoms with Gasteiger partial charge in [0.1, 0.15) is 0 Å². The van der Waals surface area contributed by atoms with E-state index in [4.69, 9.17) is 4.42 Å². The van der Waals surface area contributed by atoms with Crippen molar-refractivity contribution in [1.82, 2.24) is 9.55 Å². The normalized spacial score (nSPS) is 11.6. The van der Waals surface area contributed by atoms with Crippen LogP contribution in [0, 0.1) is 0 Å².